The molecule has 104 valence electrons. The molecule has 0 aliphatic heterocycles. The maximum atomic E-state index is 10.9. The smallest absolute Gasteiger partial charge is 0.354 e. The van der Waals surface area contributed by atoms with Gasteiger partial charge in [0.25, 0.3) is 0 Å². The van der Waals surface area contributed by atoms with Crippen molar-refractivity contribution in [2.75, 3.05) is 0 Å². The van der Waals surface area contributed by atoms with Crippen LogP contribution in [0.3, 0.4) is 0 Å². The van der Waals surface area contributed by atoms with Gasteiger partial charge in [0.2, 0.25) is 0 Å². The van der Waals surface area contributed by atoms with Crippen molar-refractivity contribution in [3.05, 3.63) is 45.7 Å². The Balaban J connectivity index is 2.37. The molecule has 1 aromatic carbocycles. The third-order valence-electron chi connectivity index (χ3n) is 2.67. The number of hydrogen-bond acceptors (Lipinski definition) is 4. The average Bonchev–Trinajstić information content (AvgIpc) is 2.35. The Morgan fingerprint density at radius 2 is 1.75 bits per heavy atom. The van der Waals surface area contributed by atoms with Crippen molar-refractivity contribution in [3.8, 4) is 11.8 Å². The number of carboxylic acid groups (broad SMARTS) is 1. The standard InChI is InChI=1S/C14H13ClN2O3/c1-7-4-10(5-8(2)12(7)15)20-14-16-9(3)6-11(17-14)13(18)19/h4-6H,1-3H3,(H,18,19). The topological polar surface area (TPSA) is 72.3 Å². The molecule has 1 N–H and O–H groups in total. The summed E-state index contributed by atoms with van der Waals surface area (Å²) in [4.78, 5) is 18.9. The molecule has 0 fully saturated rings. The normalized spacial score (nSPS) is 10.4. The largest absolute Gasteiger partial charge is 0.477 e. The minimum absolute atomic E-state index is 0.00326. The minimum atomic E-state index is -1.12. The van der Waals surface area contributed by atoms with Crippen molar-refractivity contribution in [2.45, 2.75) is 20.8 Å². The van der Waals surface area contributed by atoms with Gasteiger partial charge in [0, 0.05) is 10.7 Å². The molecular formula is C14H13ClN2O3. The number of carbonyl (C=O) groups is 1. The van der Waals surface area contributed by atoms with Crippen LogP contribution in [0.1, 0.15) is 27.3 Å². The van der Waals surface area contributed by atoms with E-state index in [-0.39, 0.29) is 11.7 Å². The lowest BCUT2D eigenvalue weighted by Crippen LogP contribution is -2.04. The Morgan fingerprint density at radius 3 is 2.30 bits per heavy atom. The van der Waals surface area contributed by atoms with Crippen molar-refractivity contribution in [2.24, 2.45) is 0 Å². The number of ether oxygens (including phenoxy) is 1. The maximum Gasteiger partial charge on any atom is 0.354 e. The molecule has 1 aromatic heterocycles. The summed E-state index contributed by atoms with van der Waals surface area (Å²) in [6, 6.07) is 4.89. The van der Waals surface area contributed by atoms with Crippen molar-refractivity contribution in [1.29, 1.82) is 0 Å². The van der Waals surface area contributed by atoms with Gasteiger partial charge < -0.3 is 9.84 Å². The summed E-state index contributed by atoms with van der Waals surface area (Å²) in [6.07, 6.45) is 0. The predicted molar refractivity (Wildman–Crippen MR) is 74.7 cm³/mol. The van der Waals surface area contributed by atoms with Crippen LogP contribution in [0.25, 0.3) is 0 Å². The van der Waals surface area contributed by atoms with E-state index in [1.165, 1.54) is 6.07 Å². The molecular weight excluding hydrogens is 280 g/mol. The lowest BCUT2D eigenvalue weighted by Gasteiger charge is -2.09. The zero-order valence-corrected chi connectivity index (χ0v) is 12.0. The highest BCUT2D eigenvalue weighted by molar-refractivity contribution is 6.32. The van der Waals surface area contributed by atoms with Crippen LogP contribution in [0, 0.1) is 20.8 Å². The first-order valence-electron chi connectivity index (χ1n) is 5.90. The van der Waals surface area contributed by atoms with Gasteiger partial charge in [-0.3, -0.25) is 0 Å². The summed E-state index contributed by atoms with van der Waals surface area (Å²) < 4.78 is 5.52. The van der Waals surface area contributed by atoms with Crippen molar-refractivity contribution in [3.63, 3.8) is 0 Å². The third-order valence-corrected chi connectivity index (χ3v) is 3.27. The Bertz CT molecular complexity index is 663. The molecule has 1 heterocycles. The average molecular weight is 293 g/mol. The summed E-state index contributed by atoms with van der Waals surface area (Å²) in [5.74, 6) is -0.602. The van der Waals surface area contributed by atoms with E-state index in [2.05, 4.69) is 9.97 Å². The Hall–Kier alpha value is -2.14. The SMILES string of the molecule is Cc1cc(C(=O)O)nc(Oc2cc(C)c(Cl)c(C)c2)n1. The first kappa shape index (κ1) is 14.3. The van der Waals surface area contributed by atoms with Crippen LogP contribution in [-0.4, -0.2) is 21.0 Å². The van der Waals surface area contributed by atoms with E-state index in [9.17, 15) is 4.79 Å². The second kappa shape index (κ2) is 5.46. The van der Waals surface area contributed by atoms with Crippen LogP contribution < -0.4 is 4.74 Å². The van der Waals surface area contributed by atoms with E-state index in [1.807, 2.05) is 13.8 Å². The Labute approximate surface area is 121 Å². The second-order valence-electron chi connectivity index (χ2n) is 4.46. The van der Waals surface area contributed by atoms with E-state index in [0.29, 0.717) is 16.5 Å². The van der Waals surface area contributed by atoms with Crippen LogP contribution in [0.5, 0.6) is 11.8 Å². The highest BCUT2D eigenvalue weighted by Crippen LogP contribution is 2.28. The second-order valence-corrected chi connectivity index (χ2v) is 4.83. The number of aromatic nitrogens is 2. The van der Waals surface area contributed by atoms with Crippen LogP contribution in [0.15, 0.2) is 18.2 Å². The fourth-order valence-electron chi connectivity index (χ4n) is 1.77. The molecule has 2 rings (SSSR count). The molecule has 20 heavy (non-hydrogen) atoms. The Kier molecular flexibility index (Phi) is 3.90. The fourth-order valence-corrected chi connectivity index (χ4v) is 1.88. The first-order valence-corrected chi connectivity index (χ1v) is 6.28. The number of hydrogen-bond donors (Lipinski definition) is 1. The molecule has 0 amide bonds. The number of aryl methyl sites for hydroxylation is 3. The van der Waals surface area contributed by atoms with Gasteiger partial charge in [-0.2, -0.15) is 4.98 Å². The molecule has 0 aliphatic carbocycles. The van der Waals surface area contributed by atoms with E-state index >= 15 is 0 Å². The number of nitrogens with zero attached hydrogens (tertiary/aromatic N) is 2. The van der Waals surface area contributed by atoms with E-state index < -0.39 is 5.97 Å². The van der Waals surface area contributed by atoms with Crippen molar-refractivity contribution < 1.29 is 14.6 Å². The summed E-state index contributed by atoms with van der Waals surface area (Å²) >= 11 is 6.08. The van der Waals surface area contributed by atoms with E-state index in [4.69, 9.17) is 21.4 Å². The lowest BCUT2D eigenvalue weighted by molar-refractivity contribution is 0.0689. The van der Waals surface area contributed by atoms with Crippen LogP contribution in [-0.2, 0) is 0 Å². The lowest BCUT2D eigenvalue weighted by atomic mass is 10.1. The molecule has 6 heteroatoms. The monoisotopic (exact) mass is 292 g/mol. The molecule has 0 radical (unpaired) electrons. The van der Waals surface area contributed by atoms with E-state index in [0.717, 1.165) is 11.1 Å². The highest BCUT2D eigenvalue weighted by Gasteiger charge is 2.11. The summed E-state index contributed by atoms with van der Waals surface area (Å²) in [5.41, 5.74) is 2.16. The molecule has 0 unspecified atom stereocenters. The molecule has 0 aliphatic rings. The van der Waals surface area contributed by atoms with Crippen LogP contribution >= 0.6 is 11.6 Å². The van der Waals surface area contributed by atoms with Gasteiger partial charge in [0.1, 0.15) is 5.75 Å². The number of aromatic carboxylic acids is 1. The molecule has 0 atom stereocenters. The van der Waals surface area contributed by atoms with Gasteiger partial charge >= 0.3 is 12.0 Å². The molecule has 0 saturated heterocycles. The first-order chi connectivity index (χ1) is 9.36. The van der Waals surface area contributed by atoms with Gasteiger partial charge in [0.05, 0.1) is 0 Å². The summed E-state index contributed by atoms with van der Waals surface area (Å²) in [6.45, 7) is 5.41. The number of halogens is 1. The zero-order chi connectivity index (χ0) is 14.9. The van der Waals surface area contributed by atoms with Gasteiger partial charge in [-0.1, -0.05) is 11.6 Å². The predicted octanol–water partition coefficient (Wildman–Crippen LogP) is 3.55. The van der Waals surface area contributed by atoms with Gasteiger partial charge in [0.15, 0.2) is 5.69 Å². The highest BCUT2D eigenvalue weighted by atomic mass is 35.5. The van der Waals surface area contributed by atoms with Gasteiger partial charge in [-0.05, 0) is 50.1 Å². The van der Waals surface area contributed by atoms with Crippen molar-refractivity contribution in [1.82, 2.24) is 9.97 Å². The fraction of sp³-hybridized carbons (Fsp3) is 0.214. The van der Waals surface area contributed by atoms with Gasteiger partial charge in [-0.15, -0.1) is 0 Å². The van der Waals surface area contributed by atoms with E-state index in [1.54, 1.807) is 19.1 Å². The molecule has 0 bridgehead atoms. The van der Waals surface area contributed by atoms with Crippen molar-refractivity contribution >= 4 is 17.6 Å². The van der Waals surface area contributed by atoms with Crippen LogP contribution in [0.4, 0.5) is 0 Å². The minimum Gasteiger partial charge on any atom is -0.477 e. The quantitative estimate of drug-likeness (QED) is 0.936. The molecule has 2 aromatic rings. The zero-order valence-electron chi connectivity index (χ0n) is 11.3. The molecule has 5 nitrogen and oxygen atoms in total. The summed E-state index contributed by atoms with van der Waals surface area (Å²) in [5, 5.41) is 9.64. The summed E-state index contributed by atoms with van der Waals surface area (Å²) in [7, 11) is 0. The molecule has 0 saturated carbocycles. The maximum absolute atomic E-state index is 10.9. The molecule has 0 spiro atoms. The number of carboxylic acids is 1. The Morgan fingerprint density at radius 1 is 1.15 bits per heavy atom. The third kappa shape index (κ3) is 3.05. The number of rotatable bonds is 3. The number of benzene rings is 1. The van der Waals surface area contributed by atoms with Gasteiger partial charge in [-0.25, -0.2) is 9.78 Å². The van der Waals surface area contributed by atoms with Crippen LogP contribution in [0.2, 0.25) is 5.02 Å².